The highest BCUT2D eigenvalue weighted by molar-refractivity contribution is 7.86. The van der Waals surface area contributed by atoms with E-state index in [4.69, 9.17) is 35.5 Å². The summed E-state index contributed by atoms with van der Waals surface area (Å²) in [5.74, 6) is -1.34. The number of nitrogens with two attached hydrogens (primary N) is 1. The Morgan fingerprint density at radius 1 is 1.35 bits per heavy atom. The summed E-state index contributed by atoms with van der Waals surface area (Å²) < 4.78 is 50.5. The lowest BCUT2D eigenvalue weighted by atomic mass is 10.2. The van der Waals surface area contributed by atoms with Crippen LogP contribution in [0.3, 0.4) is 0 Å². The second-order valence-electron chi connectivity index (χ2n) is 4.35. The van der Waals surface area contributed by atoms with Gasteiger partial charge in [-0.25, -0.2) is 4.21 Å². The molecule has 23 heavy (non-hydrogen) atoms. The molecule has 122 valence electrons. The first-order valence-corrected chi connectivity index (χ1v) is 7.69. The Hall–Kier alpha value is -1.76. The topological polar surface area (TPSA) is 65.3 Å². The van der Waals surface area contributed by atoms with Crippen LogP contribution in [0.4, 0.5) is 24.8 Å². The lowest BCUT2D eigenvalue weighted by Crippen LogP contribution is -2.17. The highest BCUT2D eigenvalue weighted by Crippen LogP contribution is 2.39. The maximum absolute atomic E-state index is 12.7. The van der Waals surface area contributed by atoms with Crippen molar-refractivity contribution in [3.63, 3.8) is 0 Å². The van der Waals surface area contributed by atoms with Crippen LogP contribution in [0, 0.1) is 13.5 Å². The first kappa shape index (κ1) is 17.6. The van der Waals surface area contributed by atoms with Gasteiger partial charge < -0.3 is 10.6 Å². The van der Waals surface area contributed by atoms with Gasteiger partial charge in [-0.15, -0.1) is 4.68 Å². The fraction of sp³-hybridized carbons (Fsp3) is 0.167. The number of hydrogen-bond donors (Lipinski definition) is 1. The second-order valence-corrected chi connectivity index (χ2v) is 6.58. The summed E-state index contributed by atoms with van der Waals surface area (Å²) in [7, 11) is -3.50. The summed E-state index contributed by atoms with van der Waals surface area (Å²) in [5, 5.41) is 3.81. The zero-order chi connectivity index (χ0) is 17.5. The first-order chi connectivity index (χ1) is 10.6. The smallest absolute Gasteiger partial charge is 0.382 e. The highest BCUT2D eigenvalue weighted by atomic mass is 35.5. The molecule has 1 unspecified atom stereocenters. The van der Waals surface area contributed by atoms with Gasteiger partial charge in [0, 0.05) is 0 Å². The summed E-state index contributed by atoms with van der Waals surface area (Å²) >= 11 is 12.1. The predicted octanol–water partition coefficient (Wildman–Crippen LogP) is 4.25. The van der Waals surface area contributed by atoms with Gasteiger partial charge in [0.05, 0.1) is 10.0 Å². The maximum atomic E-state index is 12.7. The minimum absolute atomic E-state index is 0.00626. The number of halogens is 5. The summed E-state index contributed by atoms with van der Waals surface area (Å²) in [5.41, 5.74) is 1.26. The van der Waals surface area contributed by atoms with Crippen molar-refractivity contribution in [1.29, 1.82) is 0 Å². The molecule has 2 N–H and O–H groups in total. The molecule has 1 atom stereocenters. The average Bonchev–Trinajstić information content (AvgIpc) is 2.73. The Morgan fingerprint density at radius 3 is 2.30 bits per heavy atom. The minimum atomic E-state index is -5.08. The van der Waals surface area contributed by atoms with Crippen LogP contribution in [-0.4, -0.2) is 19.5 Å². The van der Waals surface area contributed by atoms with E-state index >= 15 is 0 Å². The second kappa shape index (κ2) is 6.03. The summed E-state index contributed by atoms with van der Waals surface area (Å²) in [6.45, 7) is 8.63. The predicted molar refractivity (Wildman–Crippen MR) is 81.5 cm³/mol. The number of nitrogen functional groups attached to an aromatic ring is 1. The van der Waals surface area contributed by atoms with Crippen molar-refractivity contribution in [2.75, 3.05) is 5.73 Å². The van der Waals surface area contributed by atoms with Crippen LogP contribution in [0.15, 0.2) is 17.0 Å². The molecule has 0 bridgehead atoms. The Labute approximate surface area is 141 Å². The van der Waals surface area contributed by atoms with Gasteiger partial charge in [0.15, 0.2) is 16.6 Å². The molecular weight excluding hydrogens is 376 g/mol. The summed E-state index contributed by atoms with van der Waals surface area (Å²) in [6.07, 6.45) is 0. The molecule has 5 nitrogen and oxygen atoms in total. The van der Waals surface area contributed by atoms with E-state index in [0.29, 0.717) is 5.56 Å². The Kier molecular flexibility index (Phi) is 4.61. The van der Waals surface area contributed by atoms with Gasteiger partial charge in [0.1, 0.15) is 10.6 Å². The van der Waals surface area contributed by atoms with E-state index in [1.54, 1.807) is 6.92 Å². The number of aromatic nitrogens is 2. The molecule has 0 saturated heterocycles. The number of rotatable bonds is 2. The van der Waals surface area contributed by atoms with E-state index in [1.165, 1.54) is 12.1 Å². The third-order valence-corrected chi connectivity index (χ3v) is 4.49. The van der Waals surface area contributed by atoms with Gasteiger partial charge in [0.25, 0.3) is 0 Å². The molecule has 0 spiro atoms. The fourth-order valence-corrected chi connectivity index (χ4v) is 3.35. The van der Waals surface area contributed by atoms with E-state index in [9.17, 15) is 17.4 Å². The molecule has 0 fully saturated rings. The number of benzene rings is 1. The third kappa shape index (κ3) is 3.15. The molecule has 0 aliphatic carbocycles. The summed E-state index contributed by atoms with van der Waals surface area (Å²) in [6, 6.07) is 3.00. The molecule has 11 heteroatoms. The molecule has 0 radical (unpaired) electrons. The quantitative estimate of drug-likeness (QED) is 0.789. The van der Waals surface area contributed by atoms with Crippen molar-refractivity contribution in [3.8, 4) is 5.69 Å². The average molecular weight is 383 g/mol. The van der Waals surface area contributed by atoms with Crippen LogP contribution >= 0.6 is 23.2 Å². The fourth-order valence-electron chi connectivity index (χ4n) is 1.84. The maximum Gasteiger partial charge on any atom is 0.474 e. The molecule has 0 saturated carbocycles. The molecule has 1 heterocycles. The zero-order valence-corrected chi connectivity index (χ0v) is 13.6. The minimum Gasteiger partial charge on any atom is -0.382 e. The van der Waals surface area contributed by atoms with Gasteiger partial charge in [-0.3, -0.25) is 0 Å². The Balaban J connectivity index is 2.76. The van der Waals surface area contributed by atoms with Gasteiger partial charge in [-0.05, 0) is 29.7 Å². The zero-order valence-electron chi connectivity index (χ0n) is 11.3. The monoisotopic (exact) mass is 382 g/mol. The van der Waals surface area contributed by atoms with E-state index in [1.807, 2.05) is 0 Å². The third-order valence-electron chi connectivity index (χ3n) is 2.73. The number of anilines is 1. The molecule has 0 amide bonds. The van der Waals surface area contributed by atoms with Crippen molar-refractivity contribution in [2.45, 2.75) is 17.3 Å². The number of aryl methyl sites for hydroxylation is 1. The van der Waals surface area contributed by atoms with E-state index in [0.717, 1.165) is 4.68 Å². The van der Waals surface area contributed by atoms with Gasteiger partial charge in [-0.1, -0.05) is 29.8 Å². The Morgan fingerprint density at radius 2 is 1.87 bits per heavy atom. The van der Waals surface area contributed by atoms with Crippen LogP contribution in [0.5, 0.6) is 0 Å². The van der Waals surface area contributed by atoms with Gasteiger partial charge >= 0.3 is 11.3 Å². The van der Waals surface area contributed by atoms with E-state index in [2.05, 4.69) is 9.94 Å². The van der Waals surface area contributed by atoms with Crippen molar-refractivity contribution in [2.24, 2.45) is 0 Å². The lowest BCUT2D eigenvalue weighted by molar-refractivity contribution is -0.0384. The lowest BCUT2D eigenvalue weighted by Gasteiger charge is -2.09. The van der Waals surface area contributed by atoms with Crippen molar-refractivity contribution >= 4 is 45.6 Å². The highest BCUT2D eigenvalue weighted by Gasteiger charge is 2.42. The number of alkyl halides is 3. The molecule has 0 aliphatic rings. The van der Waals surface area contributed by atoms with Crippen LogP contribution in [0.25, 0.3) is 10.5 Å². The SMILES string of the molecule is [C-]#[N+]c1nn(-c2c(Cl)cc(C)cc2Cl)c(N)c1S(=O)C(F)(F)F. The largest absolute Gasteiger partial charge is 0.474 e. The standard InChI is InChI=1S/C12H7Cl2F3N4OS/c1-5-3-6(13)8(7(14)4-5)21-10(18)9(11(19-2)20-21)23(22)12(15,16)17/h3-4H,18H2,1H3. The van der Waals surface area contributed by atoms with E-state index < -0.39 is 32.8 Å². The van der Waals surface area contributed by atoms with Crippen LogP contribution < -0.4 is 5.73 Å². The van der Waals surface area contributed by atoms with Gasteiger partial charge in [0.2, 0.25) is 0 Å². The van der Waals surface area contributed by atoms with Crippen molar-refractivity contribution in [3.05, 3.63) is 39.2 Å². The summed E-state index contributed by atoms with van der Waals surface area (Å²) in [4.78, 5) is 1.93. The number of nitrogens with zero attached hydrogens (tertiary/aromatic N) is 3. The molecule has 2 rings (SSSR count). The van der Waals surface area contributed by atoms with Crippen molar-refractivity contribution < 1.29 is 17.4 Å². The number of hydrogen-bond acceptors (Lipinski definition) is 3. The van der Waals surface area contributed by atoms with E-state index in [-0.39, 0.29) is 15.7 Å². The molecule has 0 aliphatic heterocycles. The molecular formula is C12H7Cl2F3N4OS. The van der Waals surface area contributed by atoms with Crippen molar-refractivity contribution in [1.82, 2.24) is 9.78 Å². The normalized spacial score (nSPS) is 12.9. The Bertz CT molecular complexity index is 834. The molecule has 2 aromatic rings. The molecule has 1 aromatic carbocycles. The van der Waals surface area contributed by atoms with Crippen LogP contribution in [0.1, 0.15) is 5.56 Å². The molecule has 1 aromatic heterocycles. The first-order valence-electron chi connectivity index (χ1n) is 5.78. The van der Waals surface area contributed by atoms with Crippen LogP contribution in [-0.2, 0) is 10.8 Å². The van der Waals surface area contributed by atoms with Crippen LogP contribution in [0.2, 0.25) is 10.0 Å². The van der Waals surface area contributed by atoms with Gasteiger partial charge in [-0.2, -0.15) is 13.2 Å².